The van der Waals surface area contributed by atoms with Crippen molar-refractivity contribution in [2.75, 3.05) is 32.6 Å². The highest BCUT2D eigenvalue weighted by molar-refractivity contribution is 6.08. The second-order valence-corrected chi connectivity index (χ2v) is 14.2. The van der Waals surface area contributed by atoms with Crippen molar-refractivity contribution >= 4 is 35.0 Å². The fraction of sp³-hybridized carbons (Fsp3) is 0.316. The highest BCUT2D eigenvalue weighted by Crippen LogP contribution is 2.42. The molecule has 3 aromatic rings. The molecule has 0 radical (unpaired) electrons. The minimum Gasteiger partial charge on any atom is -0.351 e. The van der Waals surface area contributed by atoms with Crippen molar-refractivity contribution in [1.29, 1.82) is 0 Å². The number of pyridine rings is 1. The van der Waals surface area contributed by atoms with Crippen molar-refractivity contribution in [3.63, 3.8) is 0 Å². The Morgan fingerprint density at radius 2 is 1.76 bits per heavy atom. The average molecular weight is 665 g/mol. The number of aliphatic imine (C=N–C) groups is 1. The fourth-order valence-electron chi connectivity index (χ4n) is 7.13. The van der Waals surface area contributed by atoms with E-state index in [2.05, 4.69) is 67.3 Å². The van der Waals surface area contributed by atoms with E-state index in [1.807, 2.05) is 24.3 Å². The molecule has 252 valence electrons. The Hall–Kier alpha value is -5.16. The summed E-state index contributed by atoms with van der Waals surface area (Å²) in [5, 5.41) is 3.11. The number of aromatic nitrogens is 1. The van der Waals surface area contributed by atoms with Crippen LogP contribution in [0.25, 0.3) is 16.8 Å². The number of halogens is 2. The van der Waals surface area contributed by atoms with E-state index in [1.165, 1.54) is 23.9 Å². The maximum Gasteiger partial charge on any atom is 0.335 e. The van der Waals surface area contributed by atoms with Gasteiger partial charge in [-0.05, 0) is 67.2 Å². The highest BCUT2D eigenvalue weighted by Gasteiger charge is 2.41. The van der Waals surface area contributed by atoms with E-state index < -0.39 is 11.9 Å². The number of carbonyl (C=O) groups excluding carboxylic acids is 2. The molecule has 1 saturated carbocycles. The van der Waals surface area contributed by atoms with Crippen LogP contribution in [0.15, 0.2) is 96.5 Å². The average Bonchev–Trinajstić information content (AvgIpc) is 3.49. The van der Waals surface area contributed by atoms with Gasteiger partial charge in [-0.1, -0.05) is 43.0 Å². The first-order chi connectivity index (χ1) is 23.4. The minimum absolute atomic E-state index is 0.0922. The summed E-state index contributed by atoms with van der Waals surface area (Å²) in [4.78, 5) is 41.2. The van der Waals surface area contributed by atoms with Crippen molar-refractivity contribution in [3.8, 4) is 11.1 Å². The van der Waals surface area contributed by atoms with Gasteiger partial charge in [0.15, 0.2) is 5.82 Å². The number of nitrogens with zero attached hydrogens (tertiary/aromatic N) is 6. The van der Waals surface area contributed by atoms with Gasteiger partial charge in [-0.25, -0.2) is 23.5 Å². The molecular formula is C38H40F2N7O2+. The van der Waals surface area contributed by atoms with Crippen molar-refractivity contribution in [2.45, 2.75) is 50.4 Å². The Kier molecular flexibility index (Phi) is 8.40. The van der Waals surface area contributed by atoms with Gasteiger partial charge in [-0.15, -0.1) is 0 Å². The molecule has 11 heteroatoms. The van der Waals surface area contributed by atoms with Gasteiger partial charge < -0.3 is 14.7 Å². The van der Waals surface area contributed by atoms with Crippen molar-refractivity contribution in [2.24, 2.45) is 4.99 Å². The number of allylic oxidation sites excluding steroid dienone is 2. The van der Waals surface area contributed by atoms with E-state index in [4.69, 9.17) is 0 Å². The van der Waals surface area contributed by atoms with Crippen LogP contribution in [-0.4, -0.2) is 82.9 Å². The largest absolute Gasteiger partial charge is 0.351 e. The molecule has 1 atom stereocenters. The number of amidine groups is 1. The fourth-order valence-corrected chi connectivity index (χ4v) is 7.13. The molecule has 1 unspecified atom stereocenters. The van der Waals surface area contributed by atoms with Crippen LogP contribution in [0.3, 0.4) is 0 Å². The number of amides is 3. The van der Waals surface area contributed by atoms with E-state index in [-0.39, 0.29) is 29.8 Å². The van der Waals surface area contributed by atoms with Crippen molar-refractivity contribution in [3.05, 3.63) is 108 Å². The molecule has 7 rings (SSSR count). The molecular weight excluding hydrogens is 624 g/mol. The Morgan fingerprint density at radius 1 is 1.00 bits per heavy atom. The molecule has 49 heavy (non-hydrogen) atoms. The summed E-state index contributed by atoms with van der Waals surface area (Å²) < 4.78 is 29.1. The predicted octanol–water partition coefficient (Wildman–Crippen LogP) is 6.53. The number of quaternary nitrogens is 1. The molecule has 1 aliphatic carbocycles. The summed E-state index contributed by atoms with van der Waals surface area (Å²) in [6, 6.07) is 16.3. The standard InChI is InChI=1S/C38H39F2N7O2/c1-24-33-19-29(40)20-41-36(33)46(32-7-5-6-27(18-32)26-10-8-25(9-11-26)23-47(2,3)4)38(49)45(24)31-15-13-30(14-16-31)42-37(48)34-22-44-21-28(39)12-17-35(44)43-34/h5-12,17-21,30-31,34H,1,13-16,22-23H2,2-4H3/p+1. The van der Waals surface area contributed by atoms with Crippen LogP contribution in [0.5, 0.6) is 0 Å². The predicted molar refractivity (Wildman–Crippen MR) is 187 cm³/mol. The number of hydrogen-bond donors (Lipinski definition) is 1. The van der Waals surface area contributed by atoms with Gasteiger partial charge in [-0.3, -0.25) is 14.7 Å². The number of nitrogens with one attached hydrogen (secondary N) is 1. The molecule has 4 heterocycles. The van der Waals surface area contributed by atoms with E-state index in [1.54, 1.807) is 20.8 Å². The minimum atomic E-state index is -0.619. The zero-order valence-corrected chi connectivity index (χ0v) is 27.9. The number of rotatable bonds is 7. The van der Waals surface area contributed by atoms with Crippen LogP contribution in [0.4, 0.5) is 25.1 Å². The Labute approximate surface area is 285 Å². The molecule has 3 aliphatic heterocycles. The first-order valence-electron chi connectivity index (χ1n) is 16.6. The van der Waals surface area contributed by atoms with Gasteiger partial charge in [0.05, 0.1) is 39.6 Å². The third kappa shape index (κ3) is 6.63. The number of carbonyl (C=O) groups is 2. The van der Waals surface area contributed by atoms with Crippen LogP contribution in [0.2, 0.25) is 0 Å². The summed E-state index contributed by atoms with van der Waals surface area (Å²) in [5.74, 6) is -0.176. The van der Waals surface area contributed by atoms with Gasteiger partial charge in [0.2, 0.25) is 5.91 Å². The van der Waals surface area contributed by atoms with E-state index in [9.17, 15) is 18.4 Å². The molecule has 0 saturated heterocycles. The van der Waals surface area contributed by atoms with E-state index in [0.29, 0.717) is 60.8 Å². The van der Waals surface area contributed by atoms with Gasteiger partial charge in [0, 0.05) is 35.1 Å². The van der Waals surface area contributed by atoms with Crippen LogP contribution in [0.1, 0.15) is 36.8 Å². The molecule has 4 aliphatic rings. The Morgan fingerprint density at radius 3 is 2.49 bits per heavy atom. The number of benzene rings is 2. The monoisotopic (exact) mass is 664 g/mol. The normalized spacial score (nSPS) is 22.1. The van der Waals surface area contributed by atoms with Crippen molar-refractivity contribution < 1.29 is 22.9 Å². The van der Waals surface area contributed by atoms with Crippen LogP contribution >= 0.6 is 0 Å². The summed E-state index contributed by atoms with van der Waals surface area (Å²) in [5.41, 5.74) is 4.68. The van der Waals surface area contributed by atoms with Gasteiger partial charge in [-0.2, -0.15) is 0 Å². The lowest BCUT2D eigenvalue weighted by molar-refractivity contribution is -0.884. The Balaban J connectivity index is 1.08. The second-order valence-electron chi connectivity index (χ2n) is 14.2. The van der Waals surface area contributed by atoms with Crippen LogP contribution in [0, 0.1) is 5.82 Å². The number of fused-ring (bicyclic) bond motifs is 2. The first-order valence-corrected chi connectivity index (χ1v) is 16.6. The third-order valence-corrected chi connectivity index (χ3v) is 9.43. The summed E-state index contributed by atoms with van der Waals surface area (Å²) >= 11 is 0. The van der Waals surface area contributed by atoms with Crippen molar-refractivity contribution in [1.82, 2.24) is 20.1 Å². The molecule has 0 bridgehead atoms. The van der Waals surface area contributed by atoms with E-state index >= 15 is 0 Å². The number of anilines is 2. The maximum absolute atomic E-state index is 14.6. The molecule has 0 spiro atoms. The number of hydrogen-bond acceptors (Lipinski definition) is 5. The molecule has 1 aromatic heterocycles. The number of urea groups is 1. The molecule has 3 amide bonds. The van der Waals surface area contributed by atoms with Crippen LogP contribution < -0.4 is 10.2 Å². The highest BCUT2D eigenvalue weighted by atomic mass is 19.1. The summed E-state index contributed by atoms with van der Waals surface area (Å²) in [6.45, 7) is 5.43. The second kappa shape index (κ2) is 12.7. The zero-order valence-electron chi connectivity index (χ0n) is 27.9. The third-order valence-electron chi connectivity index (χ3n) is 9.43. The van der Waals surface area contributed by atoms with E-state index in [0.717, 1.165) is 28.4 Å². The first kappa shape index (κ1) is 32.4. The van der Waals surface area contributed by atoms with Crippen LogP contribution in [-0.2, 0) is 11.3 Å². The lowest BCUT2D eigenvalue weighted by Gasteiger charge is -2.43. The maximum atomic E-state index is 14.6. The lowest BCUT2D eigenvalue weighted by Crippen LogP contribution is -2.52. The summed E-state index contributed by atoms with van der Waals surface area (Å²) in [7, 11) is 6.47. The Bertz CT molecular complexity index is 1910. The van der Waals surface area contributed by atoms with Gasteiger partial charge in [0.1, 0.15) is 30.1 Å². The SMILES string of the molecule is C=C1c2cc(F)cnc2N(c2cccc(-c3ccc(C[N+](C)(C)C)cc3)c2)C(=O)N1C1CCC(NC(=O)C2CN3C=C(F)C=CC3=N2)CC1. The quantitative estimate of drug-likeness (QED) is 0.292. The lowest BCUT2D eigenvalue weighted by atomic mass is 9.89. The van der Waals surface area contributed by atoms with Gasteiger partial charge >= 0.3 is 6.03 Å². The summed E-state index contributed by atoms with van der Waals surface area (Å²) in [6.07, 6.45) is 7.89. The topological polar surface area (TPSA) is 81.1 Å². The molecule has 9 nitrogen and oxygen atoms in total. The molecule has 1 N–H and O–H groups in total. The zero-order chi connectivity index (χ0) is 34.4. The van der Waals surface area contributed by atoms with Gasteiger partial charge in [0.25, 0.3) is 0 Å². The smallest absolute Gasteiger partial charge is 0.335 e. The molecule has 1 fully saturated rings. The molecule has 2 aromatic carbocycles.